The Labute approximate surface area is 181 Å². The van der Waals surface area contributed by atoms with E-state index in [0.29, 0.717) is 24.4 Å². The predicted molar refractivity (Wildman–Crippen MR) is 124 cm³/mol. The molecule has 0 radical (unpaired) electrons. The van der Waals surface area contributed by atoms with Crippen molar-refractivity contribution < 1.29 is 4.79 Å². The topological polar surface area (TPSA) is 60.2 Å². The van der Waals surface area contributed by atoms with E-state index in [1.165, 1.54) is 48.8 Å². The fourth-order valence-corrected chi connectivity index (χ4v) is 5.69. The summed E-state index contributed by atoms with van der Waals surface area (Å²) in [5.74, 6) is 2.00. The van der Waals surface area contributed by atoms with E-state index in [1.807, 2.05) is 6.92 Å². The van der Waals surface area contributed by atoms with Gasteiger partial charge in [-0.1, -0.05) is 32.0 Å². The molecule has 5 heteroatoms. The monoisotopic (exact) mass is 410 g/mol. The number of urea groups is 1. The van der Waals surface area contributed by atoms with Gasteiger partial charge in [0, 0.05) is 42.8 Å². The minimum absolute atomic E-state index is 0.0261. The van der Waals surface area contributed by atoms with Gasteiger partial charge in [-0.3, -0.25) is 4.90 Å². The Bertz CT molecular complexity index is 850. The lowest BCUT2D eigenvalue weighted by atomic mass is 9.80. The molecule has 2 aliphatic rings. The van der Waals surface area contributed by atoms with Crippen LogP contribution < -0.4 is 10.6 Å². The highest BCUT2D eigenvalue weighted by molar-refractivity contribution is 5.85. The second-order valence-electron chi connectivity index (χ2n) is 9.62. The first-order valence-electron chi connectivity index (χ1n) is 11.9. The summed E-state index contributed by atoms with van der Waals surface area (Å²) in [4.78, 5) is 18.2. The zero-order chi connectivity index (χ0) is 21.1. The summed E-state index contributed by atoms with van der Waals surface area (Å²) in [6, 6.07) is 9.23. The Morgan fingerprint density at radius 3 is 2.60 bits per heavy atom. The number of nitrogens with zero attached hydrogens (tertiary/aromatic N) is 1. The standard InChI is InChI=1S/C25H38N4O/c1-4-26-25(30)27-15-18-9-11-19(12-10-18)16-29-14-13-21-20-7-5-6-8-22(20)28-23(21)24(29)17(2)3/h5-8,17-19,24,28H,4,9-16H2,1-3H3,(H2,26,27,30). The second kappa shape index (κ2) is 9.42. The quantitative estimate of drug-likeness (QED) is 0.638. The molecule has 5 nitrogen and oxygen atoms in total. The smallest absolute Gasteiger partial charge is 0.314 e. The van der Waals surface area contributed by atoms with E-state index in [1.54, 1.807) is 5.56 Å². The van der Waals surface area contributed by atoms with Crippen molar-refractivity contribution >= 4 is 16.9 Å². The van der Waals surface area contributed by atoms with Gasteiger partial charge in [0.1, 0.15) is 0 Å². The summed E-state index contributed by atoms with van der Waals surface area (Å²) in [7, 11) is 0. The summed E-state index contributed by atoms with van der Waals surface area (Å²) in [6.45, 7) is 10.5. The number of fused-ring (bicyclic) bond motifs is 3. The number of hydrogen-bond donors (Lipinski definition) is 3. The third-order valence-corrected chi connectivity index (χ3v) is 7.16. The Kier molecular flexibility index (Phi) is 6.67. The third-order valence-electron chi connectivity index (χ3n) is 7.16. The molecule has 1 aliphatic heterocycles. The van der Waals surface area contributed by atoms with Crippen LogP contribution in [0.25, 0.3) is 10.9 Å². The number of nitrogens with one attached hydrogen (secondary N) is 3. The number of benzene rings is 1. The molecule has 2 aromatic rings. The number of amides is 2. The minimum atomic E-state index is -0.0261. The number of H-pyrrole nitrogens is 1. The van der Waals surface area contributed by atoms with Gasteiger partial charge in [0.05, 0.1) is 6.04 Å². The van der Waals surface area contributed by atoms with E-state index >= 15 is 0 Å². The number of rotatable bonds is 6. The van der Waals surface area contributed by atoms with Crippen LogP contribution in [0.4, 0.5) is 4.79 Å². The molecule has 2 heterocycles. The van der Waals surface area contributed by atoms with Crippen molar-refractivity contribution in [3.63, 3.8) is 0 Å². The first kappa shape index (κ1) is 21.2. The molecule has 1 atom stereocenters. The molecule has 1 aromatic carbocycles. The van der Waals surface area contributed by atoms with Gasteiger partial charge in [-0.2, -0.15) is 0 Å². The minimum Gasteiger partial charge on any atom is -0.357 e. The van der Waals surface area contributed by atoms with Gasteiger partial charge in [-0.25, -0.2) is 4.79 Å². The average Bonchev–Trinajstić information content (AvgIpc) is 3.11. The molecule has 1 aliphatic carbocycles. The average molecular weight is 411 g/mol. The van der Waals surface area contributed by atoms with Crippen LogP contribution in [0.5, 0.6) is 0 Å². The van der Waals surface area contributed by atoms with Gasteiger partial charge < -0.3 is 15.6 Å². The molecule has 3 N–H and O–H groups in total. The van der Waals surface area contributed by atoms with Crippen molar-refractivity contribution in [2.45, 2.75) is 58.9 Å². The van der Waals surface area contributed by atoms with Crippen LogP contribution in [-0.4, -0.2) is 42.1 Å². The van der Waals surface area contributed by atoms with Crippen molar-refractivity contribution in [3.05, 3.63) is 35.5 Å². The molecule has 1 aromatic heterocycles. The maximum Gasteiger partial charge on any atom is 0.314 e. The Morgan fingerprint density at radius 2 is 1.87 bits per heavy atom. The summed E-state index contributed by atoms with van der Waals surface area (Å²) in [6.07, 6.45) is 6.17. The van der Waals surface area contributed by atoms with E-state index in [4.69, 9.17) is 0 Å². The van der Waals surface area contributed by atoms with E-state index in [-0.39, 0.29) is 6.03 Å². The van der Waals surface area contributed by atoms with Gasteiger partial charge in [0.15, 0.2) is 0 Å². The van der Waals surface area contributed by atoms with Crippen molar-refractivity contribution in [2.75, 3.05) is 26.2 Å². The number of aromatic nitrogens is 1. The number of carbonyl (C=O) groups is 1. The first-order valence-corrected chi connectivity index (χ1v) is 11.9. The molecule has 1 unspecified atom stereocenters. The second-order valence-corrected chi connectivity index (χ2v) is 9.62. The fourth-order valence-electron chi connectivity index (χ4n) is 5.69. The number of aromatic amines is 1. The van der Waals surface area contributed by atoms with Crippen molar-refractivity contribution in [2.24, 2.45) is 17.8 Å². The largest absolute Gasteiger partial charge is 0.357 e. The van der Waals surface area contributed by atoms with E-state index in [9.17, 15) is 4.79 Å². The van der Waals surface area contributed by atoms with E-state index in [2.05, 4.69) is 58.6 Å². The molecule has 0 saturated heterocycles. The number of carbonyl (C=O) groups excluding carboxylic acids is 1. The predicted octanol–water partition coefficient (Wildman–Crippen LogP) is 4.85. The Morgan fingerprint density at radius 1 is 1.13 bits per heavy atom. The zero-order valence-corrected chi connectivity index (χ0v) is 18.8. The number of para-hydroxylation sites is 1. The molecular formula is C25H38N4O. The zero-order valence-electron chi connectivity index (χ0n) is 18.8. The molecule has 164 valence electrons. The van der Waals surface area contributed by atoms with Crippen LogP contribution in [0.3, 0.4) is 0 Å². The summed E-state index contributed by atoms with van der Waals surface area (Å²) < 4.78 is 0. The van der Waals surface area contributed by atoms with Gasteiger partial charge >= 0.3 is 6.03 Å². The molecule has 2 amide bonds. The fraction of sp³-hybridized carbons (Fsp3) is 0.640. The maximum absolute atomic E-state index is 11.6. The Balaban J connectivity index is 1.36. The van der Waals surface area contributed by atoms with Crippen molar-refractivity contribution in [1.29, 1.82) is 0 Å². The van der Waals surface area contributed by atoms with Crippen LogP contribution in [0.15, 0.2) is 24.3 Å². The third kappa shape index (κ3) is 4.51. The SMILES string of the molecule is CCNC(=O)NCC1CCC(CN2CCc3c([nH]c4ccccc34)C2C(C)C)CC1. The summed E-state index contributed by atoms with van der Waals surface area (Å²) >= 11 is 0. The highest BCUT2D eigenvalue weighted by atomic mass is 16.2. The molecule has 1 saturated carbocycles. The molecule has 30 heavy (non-hydrogen) atoms. The van der Waals surface area contributed by atoms with E-state index in [0.717, 1.165) is 25.4 Å². The highest BCUT2D eigenvalue weighted by Crippen LogP contribution is 2.40. The molecule has 1 fully saturated rings. The van der Waals surface area contributed by atoms with Gasteiger partial charge in [0.25, 0.3) is 0 Å². The Hall–Kier alpha value is -2.01. The lowest BCUT2D eigenvalue weighted by molar-refractivity contribution is 0.101. The maximum atomic E-state index is 11.6. The molecule has 0 bridgehead atoms. The first-order chi connectivity index (χ1) is 14.6. The van der Waals surface area contributed by atoms with E-state index < -0.39 is 0 Å². The van der Waals surface area contributed by atoms with Crippen LogP contribution >= 0.6 is 0 Å². The summed E-state index contributed by atoms with van der Waals surface area (Å²) in [5, 5.41) is 7.27. The van der Waals surface area contributed by atoms with Crippen LogP contribution in [-0.2, 0) is 6.42 Å². The lowest BCUT2D eigenvalue weighted by Gasteiger charge is -2.41. The number of hydrogen-bond acceptors (Lipinski definition) is 2. The summed E-state index contributed by atoms with van der Waals surface area (Å²) in [5.41, 5.74) is 4.29. The van der Waals surface area contributed by atoms with Crippen molar-refractivity contribution in [1.82, 2.24) is 20.5 Å². The van der Waals surface area contributed by atoms with Gasteiger partial charge in [-0.05, 0) is 68.4 Å². The van der Waals surface area contributed by atoms with Crippen LogP contribution in [0, 0.1) is 17.8 Å². The van der Waals surface area contributed by atoms with Gasteiger partial charge in [-0.15, -0.1) is 0 Å². The lowest BCUT2D eigenvalue weighted by Crippen LogP contribution is -2.42. The highest BCUT2D eigenvalue weighted by Gasteiger charge is 2.34. The van der Waals surface area contributed by atoms with Crippen LogP contribution in [0.2, 0.25) is 0 Å². The molecular weight excluding hydrogens is 372 g/mol. The van der Waals surface area contributed by atoms with Crippen molar-refractivity contribution in [3.8, 4) is 0 Å². The van der Waals surface area contributed by atoms with Gasteiger partial charge in [0.2, 0.25) is 0 Å². The molecule has 4 rings (SSSR count). The normalized spacial score (nSPS) is 24.7. The molecule has 0 spiro atoms. The van der Waals surface area contributed by atoms with Crippen LogP contribution in [0.1, 0.15) is 63.8 Å².